The van der Waals surface area contributed by atoms with Crippen LogP contribution in [0.5, 0.6) is 0 Å². The molecule has 1 heterocycles. The van der Waals surface area contributed by atoms with Crippen LogP contribution in [0.3, 0.4) is 0 Å². The van der Waals surface area contributed by atoms with E-state index in [-0.39, 0.29) is 26.1 Å². The maximum atomic E-state index is 12.6. The highest BCUT2D eigenvalue weighted by Crippen LogP contribution is 2.43. The quantitative estimate of drug-likeness (QED) is 0.0165. The second-order valence-corrected chi connectivity index (χ2v) is 16.8. The molecular formula is C44H77NO9P+. The number of carbonyl (C=O) groups is 2. The van der Waals surface area contributed by atoms with Gasteiger partial charge in [0.2, 0.25) is 0 Å². The highest BCUT2D eigenvalue weighted by Gasteiger charge is 2.36. The number of phosphoric ester groups is 1. The molecule has 3 unspecified atom stereocenters. The molecule has 0 spiro atoms. The van der Waals surface area contributed by atoms with E-state index in [9.17, 15) is 19.0 Å². The number of unbranched alkanes of at least 4 members (excludes halogenated alkanes) is 10. The number of ether oxygens (including phenoxy) is 3. The standard InChI is InChI=1S/C44H76NO9P/c1-6-8-10-11-12-13-16-21-24-27-31-35-44(47)53-40(39-52-55(48,49)51-37-36-45(3,4)5)38-50-43(46)34-30-26-23-20-18-15-14-17-19-22-25-29-33-42-41(54-42)32-28-9-7-2/h9,15,17-19,23,25-26,28-29,40-42H,6-8,10-14,16,20-22,24,27,30-39H2,1-5H3/p+1/b18-15-,19-17-,26-23-,28-9-,29-25-/t40-,41?,42?/m1/s1. The fraction of sp³-hybridized carbons (Fsp3) is 0.727. The zero-order valence-electron chi connectivity index (χ0n) is 35.1. The van der Waals surface area contributed by atoms with Crippen LogP contribution >= 0.6 is 7.82 Å². The second-order valence-electron chi connectivity index (χ2n) is 15.4. The molecule has 316 valence electrons. The number of phosphoric acid groups is 1. The van der Waals surface area contributed by atoms with E-state index in [1.165, 1.54) is 44.9 Å². The average molecular weight is 795 g/mol. The van der Waals surface area contributed by atoms with Crippen molar-refractivity contribution in [3.63, 3.8) is 0 Å². The lowest BCUT2D eigenvalue weighted by Crippen LogP contribution is -2.37. The minimum absolute atomic E-state index is 0.0171. The number of quaternary nitrogens is 1. The summed E-state index contributed by atoms with van der Waals surface area (Å²) in [6.07, 6.45) is 40.4. The van der Waals surface area contributed by atoms with Crippen molar-refractivity contribution in [3.8, 4) is 0 Å². The Bertz CT molecular complexity index is 1190. The van der Waals surface area contributed by atoms with Gasteiger partial charge in [0.25, 0.3) is 0 Å². The summed E-state index contributed by atoms with van der Waals surface area (Å²) in [5, 5.41) is 0. The van der Waals surface area contributed by atoms with E-state index in [1.54, 1.807) is 0 Å². The van der Waals surface area contributed by atoms with Gasteiger partial charge in [-0.2, -0.15) is 0 Å². The van der Waals surface area contributed by atoms with Crippen LogP contribution in [-0.2, 0) is 37.4 Å². The van der Waals surface area contributed by atoms with Crippen LogP contribution < -0.4 is 0 Å². The van der Waals surface area contributed by atoms with Crippen LogP contribution in [0.15, 0.2) is 60.8 Å². The summed E-state index contributed by atoms with van der Waals surface area (Å²) in [4.78, 5) is 35.2. The van der Waals surface area contributed by atoms with E-state index in [0.717, 1.165) is 57.8 Å². The third-order valence-corrected chi connectivity index (χ3v) is 9.96. The summed E-state index contributed by atoms with van der Waals surface area (Å²) < 4.78 is 39.8. The first kappa shape index (κ1) is 50.7. The summed E-state index contributed by atoms with van der Waals surface area (Å²) in [6, 6.07) is 0. The molecule has 0 saturated carbocycles. The Morgan fingerprint density at radius 1 is 0.673 bits per heavy atom. The molecule has 0 aromatic carbocycles. The highest BCUT2D eigenvalue weighted by atomic mass is 31.2. The van der Waals surface area contributed by atoms with Gasteiger partial charge in [0.05, 0.1) is 40.0 Å². The molecule has 10 nitrogen and oxygen atoms in total. The Labute approximate surface area is 334 Å². The van der Waals surface area contributed by atoms with E-state index >= 15 is 0 Å². The molecule has 0 amide bonds. The van der Waals surface area contributed by atoms with Gasteiger partial charge in [-0.1, -0.05) is 139 Å². The summed E-state index contributed by atoms with van der Waals surface area (Å²) in [6.45, 7) is 4.18. The van der Waals surface area contributed by atoms with E-state index in [0.29, 0.717) is 36.1 Å². The van der Waals surface area contributed by atoms with E-state index in [1.807, 2.05) is 33.3 Å². The van der Waals surface area contributed by atoms with Crippen LogP contribution in [0.4, 0.5) is 0 Å². The third kappa shape index (κ3) is 33.5. The van der Waals surface area contributed by atoms with Gasteiger partial charge < -0.3 is 23.6 Å². The van der Waals surface area contributed by atoms with Gasteiger partial charge in [-0.3, -0.25) is 18.6 Å². The molecule has 1 aliphatic heterocycles. The molecule has 1 fully saturated rings. The van der Waals surface area contributed by atoms with Crippen molar-refractivity contribution < 1.29 is 46.8 Å². The zero-order valence-corrected chi connectivity index (χ0v) is 36.0. The van der Waals surface area contributed by atoms with Crippen molar-refractivity contribution in [1.82, 2.24) is 0 Å². The zero-order chi connectivity index (χ0) is 40.5. The van der Waals surface area contributed by atoms with Crippen LogP contribution in [-0.4, -0.2) is 87.1 Å². The predicted molar refractivity (Wildman–Crippen MR) is 224 cm³/mol. The number of allylic oxidation sites excluding steroid dienone is 8. The Morgan fingerprint density at radius 2 is 1.20 bits per heavy atom. The molecule has 0 aromatic heterocycles. The number of esters is 2. The van der Waals surface area contributed by atoms with Crippen molar-refractivity contribution in [1.29, 1.82) is 0 Å². The molecule has 0 bridgehead atoms. The summed E-state index contributed by atoms with van der Waals surface area (Å²) in [5.74, 6) is -0.905. The number of epoxide rings is 1. The van der Waals surface area contributed by atoms with Crippen molar-refractivity contribution >= 4 is 19.8 Å². The topological polar surface area (TPSA) is 121 Å². The van der Waals surface area contributed by atoms with Gasteiger partial charge in [0.15, 0.2) is 6.10 Å². The predicted octanol–water partition coefficient (Wildman–Crippen LogP) is 10.7. The monoisotopic (exact) mass is 795 g/mol. The molecule has 1 saturated heterocycles. The Morgan fingerprint density at radius 3 is 1.76 bits per heavy atom. The first-order valence-corrected chi connectivity index (χ1v) is 22.6. The van der Waals surface area contributed by atoms with Crippen LogP contribution in [0.2, 0.25) is 0 Å². The Hall–Kier alpha value is -2.33. The molecule has 55 heavy (non-hydrogen) atoms. The lowest BCUT2D eigenvalue weighted by atomic mass is 10.1. The summed E-state index contributed by atoms with van der Waals surface area (Å²) in [7, 11) is 1.43. The first-order valence-electron chi connectivity index (χ1n) is 21.1. The van der Waals surface area contributed by atoms with Gasteiger partial charge >= 0.3 is 19.8 Å². The van der Waals surface area contributed by atoms with Crippen molar-refractivity contribution in [2.75, 3.05) is 47.5 Å². The maximum Gasteiger partial charge on any atom is 0.472 e. The molecule has 1 N–H and O–H groups in total. The molecule has 1 aliphatic rings. The van der Waals surface area contributed by atoms with E-state index in [2.05, 4.69) is 62.5 Å². The molecular weight excluding hydrogens is 717 g/mol. The largest absolute Gasteiger partial charge is 0.472 e. The lowest BCUT2D eigenvalue weighted by Gasteiger charge is -2.24. The fourth-order valence-corrected chi connectivity index (χ4v) is 6.29. The lowest BCUT2D eigenvalue weighted by molar-refractivity contribution is -0.870. The average Bonchev–Trinajstić information content (AvgIpc) is 3.89. The Balaban J connectivity index is 2.33. The summed E-state index contributed by atoms with van der Waals surface area (Å²) in [5.41, 5.74) is 0. The van der Waals surface area contributed by atoms with Crippen molar-refractivity contribution in [2.24, 2.45) is 0 Å². The van der Waals surface area contributed by atoms with Crippen LogP contribution in [0, 0.1) is 0 Å². The number of hydrogen-bond acceptors (Lipinski definition) is 8. The van der Waals surface area contributed by atoms with Gasteiger partial charge in [-0.05, 0) is 51.4 Å². The van der Waals surface area contributed by atoms with E-state index < -0.39 is 32.5 Å². The third-order valence-electron chi connectivity index (χ3n) is 8.98. The first-order chi connectivity index (χ1) is 26.5. The molecule has 11 heteroatoms. The Kier molecular flexibility index (Phi) is 30.2. The number of rotatable bonds is 36. The van der Waals surface area contributed by atoms with Gasteiger partial charge in [0.1, 0.15) is 19.8 Å². The number of carbonyl (C=O) groups excluding carboxylic acids is 2. The van der Waals surface area contributed by atoms with Crippen LogP contribution in [0.25, 0.3) is 0 Å². The summed E-state index contributed by atoms with van der Waals surface area (Å²) >= 11 is 0. The molecule has 0 aliphatic carbocycles. The number of hydrogen-bond donors (Lipinski definition) is 1. The molecule has 0 aromatic rings. The van der Waals surface area contributed by atoms with Crippen molar-refractivity contribution in [2.45, 2.75) is 161 Å². The fourth-order valence-electron chi connectivity index (χ4n) is 5.55. The minimum atomic E-state index is -4.39. The highest BCUT2D eigenvalue weighted by molar-refractivity contribution is 7.47. The molecule has 1 rings (SSSR count). The minimum Gasteiger partial charge on any atom is -0.462 e. The normalized spacial score (nSPS) is 17.9. The number of likely N-dealkylation sites (N-methyl/N-ethyl adjacent to an activating group) is 1. The smallest absolute Gasteiger partial charge is 0.462 e. The SMILES string of the molecule is CC/C=C\CC1OC1C/C=C\C/C=C\C/C=C\C/C=C\CCC(=O)OC[C@H](COP(=O)(O)OCC[N+](C)(C)C)OC(=O)CCCCCCCCCCCCC. The van der Waals surface area contributed by atoms with Gasteiger partial charge in [-0.15, -0.1) is 0 Å². The van der Waals surface area contributed by atoms with Crippen LogP contribution in [0.1, 0.15) is 142 Å². The van der Waals surface area contributed by atoms with E-state index in [4.69, 9.17) is 23.3 Å². The van der Waals surface area contributed by atoms with Crippen molar-refractivity contribution in [3.05, 3.63) is 60.8 Å². The maximum absolute atomic E-state index is 12.6. The molecule has 4 atom stereocenters. The van der Waals surface area contributed by atoms with Gasteiger partial charge in [0, 0.05) is 12.8 Å². The molecule has 0 radical (unpaired) electrons. The second kappa shape index (κ2) is 32.7. The van der Waals surface area contributed by atoms with Gasteiger partial charge in [-0.25, -0.2) is 4.57 Å². The number of nitrogens with zero attached hydrogens (tertiary/aromatic N) is 1.